The fourth-order valence-electron chi connectivity index (χ4n) is 11.6. The number of aromatic nitrogens is 5. The third-order valence-corrected chi connectivity index (χ3v) is 15.2. The number of piperazine rings is 1. The molecule has 2 aromatic carbocycles. The van der Waals surface area contributed by atoms with Gasteiger partial charge in [-0.15, -0.1) is 5.10 Å². The van der Waals surface area contributed by atoms with Crippen LogP contribution in [0.15, 0.2) is 48.8 Å². The number of halogens is 2. The number of hydrogen-bond donors (Lipinski definition) is 1. The minimum Gasteiger partial charge on any atom is -0.369 e. The number of anilines is 3. The molecular formula is C49H53F2N11O5. The zero-order chi connectivity index (χ0) is 46.2. The minimum absolute atomic E-state index is 0.00443. The van der Waals surface area contributed by atoms with Crippen molar-refractivity contribution in [3.63, 3.8) is 0 Å². The minimum atomic E-state index is -2.72. The van der Waals surface area contributed by atoms with Gasteiger partial charge in [-0.05, 0) is 98.4 Å². The van der Waals surface area contributed by atoms with Crippen LogP contribution < -0.4 is 15.1 Å². The molecule has 5 aliphatic heterocycles. The molecule has 18 heteroatoms. The number of carbonyl (C=O) groups excluding carboxylic acids is 5. The number of carbonyl (C=O) groups is 5. The van der Waals surface area contributed by atoms with Gasteiger partial charge in [-0.1, -0.05) is 0 Å². The summed E-state index contributed by atoms with van der Waals surface area (Å²) in [6, 6.07) is 9.91. The number of rotatable bonds is 8. The first-order valence-corrected chi connectivity index (χ1v) is 23.6. The van der Waals surface area contributed by atoms with Crippen LogP contribution in [0.4, 0.5) is 26.0 Å². The molecule has 1 aliphatic carbocycles. The highest BCUT2D eigenvalue weighted by atomic mass is 19.3. The normalized spacial score (nSPS) is 22.4. The van der Waals surface area contributed by atoms with Gasteiger partial charge in [0, 0.05) is 113 Å². The highest BCUT2D eigenvalue weighted by Crippen LogP contribution is 2.45. The van der Waals surface area contributed by atoms with E-state index < -0.39 is 36.1 Å². The Morgan fingerprint density at radius 3 is 2.40 bits per heavy atom. The molecule has 348 valence electrons. The third-order valence-electron chi connectivity index (χ3n) is 15.2. The molecule has 0 bridgehead atoms. The fourth-order valence-corrected chi connectivity index (χ4v) is 11.6. The van der Waals surface area contributed by atoms with Crippen molar-refractivity contribution >= 4 is 57.8 Å². The first-order valence-electron chi connectivity index (χ1n) is 23.6. The number of fused-ring (bicyclic) bond motifs is 4. The van der Waals surface area contributed by atoms with Gasteiger partial charge in [-0.2, -0.15) is 10.2 Å². The van der Waals surface area contributed by atoms with Crippen LogP contribution >= 0.6 is 0 Å². The molecule has 0 radical (unpaired) electrons. The number of hydrogen-bond acceptors (Lipinski definition) is 11. The van der Waals surface area contributed by atoms with Gasteiger partial charge in [0.15, 0.2) is 5.82 Å². The quantitative estimate of drug-likeness (QED) is 0.190. The molecule has 1 N–H and O–H groups in total. The monoisotopic (exact) mass is 913 g/mol. The first kappa shape index (κ1) is 43.0. The maximum absolute atomic E-state index is 15.1. The summed E-state index contributed by atoms with van der Waals surface area (Å²) in [6.07, 6.45) is 7.21. The average Bonchev–Trinajstić information content (AvgIpc) is 3.96. The van der Waals surface area contributed by atoms with Crippen molar-refractivity contribution < 1.29 is 32.8 Å². The summed E-state index contributed by atoms with van der Waals surface area (Å²) in [5.74, 6) is -0.742. The lowest BCUT2D eigenvalue weighted by Crippen LogP contribution is -2.54. The fraction of sp³-hybridized carbons (Fsp3) is 0.469. The van der Waals surface area contributed by atoms with Crippen molar-refractivity contribution in [1.82, 2.24) is 44.6 Å². The highest BCUT2D eigenvalue weighted by molar-refractivity contribution is 6.23. The van der Waals surface area contributed by atoms with Gasteiger partial charge in [-0.25, -0.2) is 8.78 Å². The topological polar surface area (TPSA) is 162 Å². The van der Waals surface area contributed by atoms with Crippen LogP contribution in [0.2, 0.25) is 0 Å². The van der Waals surface area contributed by atoms with E-state index in [9.17, 15) is 24.0 Å². The van der Waals surface area contributed by atoms with Crippen molar-refractivity contribution in [2.75, 3.05) is 55.6 Å². The molecule has 3 fully saturated rings. The Labute approximate surface area is 385 Å². The number of aryl methyl sites for hydroxylation is 2. The molecule has 67 heavy (non-hydrogen) atoms. The SMILES string of the molecule is CC(=O)N1CCc2c(c(N3CCCc4cc(-c5cn(C)c6ccnnc56)c(C(F)F)cc43)nn2C2CCC(CN3CCN(c4ccc5c(c4)C(=O)N(C4CCC(=O)NC4=O)C5=O)CC3)CC2)C1. The Morgan fingerprint density at radius 2 is 1.64 bits per heavy atom. The Bertz CT molecular complexity index is 2860. The van der Waals surface area contributed by atoms with Crippen LogP contribution in [0.3, 0.4) is 0 Å². The molecule has 5 amide bonds. The number of alkyl halides is 2. The number of nitrogens with zero attached hydrogens (tertiary/aromatic N) is 10. The maximum Gasteiger partial charge on any atom is 0.264 e. The van der Waals surface area contributed by atoms with Crippen LogP contribution in [0, 0.1) is 5.92 Å². The van der Waals surface area contributed by atoms with Gasteiger partial charge >= 0.3 is 0 Å². The van der Waals surface area contributed by atoms with Gasteiger partial charge in [0.2, 0.25) is 17.7 Å². The van der Waals surface area contributed by atoms with E-state index in [1.54, 1.807) is 31.3 Å². The predicted molar refractivity (Wildman–Crippen MR) is 244 cm³/mol. The molecule has 8 heterocycles. The van der Waals surface area contributed by atoms with E-state index in [0.29, 0.717) is 48.6 Å². The largest absolute Gasteiger partial charge is 0.369 e. The average molecular weight is 914 g/mol. The number of amides is 5. The van der Waals surface area contributed by atoms with Gasteiger partial charge in [0.25, 0.3) is 18.2 Å². The third kappa shape index (κ3) is 7.52. The molecule has 1 saturated carbocycles. The molecule has 16 nitrogen and oxygen atoms in total. The lowest BCUT2D eigenvalue weighted by atomic mass is 9.85. The Morgan fingerprint density at radius 1 is 0.851 bits per heavy atom. The molecule has 1 atom stereocenters. The highest BCUT2D eigenvalue weighted by Gasteiger charge is 2.45. The molecule has 6 aliphatic rings. The second-order valence-corrected chi connectivity index (χ2v) is 19.1. The summed E-state index contributed by atoms with van der Waals surface area (Å²) >= 11 is 0. The van der Waals surface area contributed by atoms with Gasteiger partial charge in [0.1, 0.15) is 11.6 Å². The smallest absolute Gasteiger partial charge is 0.264 e. The van der Waals surface area contributed by atoms with Crippen LogP contribution in [0.5, 0.6) is 0 Å². The first-order chi connectivity index (χ1) is 32.4. The Balaban J connectivity index is 0.774. The lowest BCUT2D eigenvalue weighted by Gasteiger charge is -2.39. The van der Waals surface area contributed by atoms with E-state index >= 15 is 8.78 Å². The zero-order valence-corrected chi connectivity index (χ0v) is 37.7. The van der Waals surface area contributed by atoms with Gasteiger partial charge < -0.3 is 19.3 Å². The summed E-state index contributed by atoms with van der Waals surface area (Å²) in [4.78, 5) is 73.4. The second-order valence-electron chi connectivity index (χ2n) is 19.1. The van der Waals surface area contributed by atoms with Crippen molar-refractivity contribution in [3.8, 4) is 11.1 Å². The summed E-state index contributed by atoms with van der Waals surface area (Å²) in [5.41, 5.74) is 7.75. The van der Waals surface area contributed by atoms with Crippen molar-refractivity contribution in [3.05, 3.63) is 82.3 Å². The molecule has 0 spiro atoms. The van der Waals surface area contributed by atoms with Crippen LogP contribution in [-0.4, -0.2) is 121 Å². The standard InChI is InChI=1S/C49H53F2N11O5/c1-28(63)59-17-14-39-38(27-59)46(60-16-3-4-30-22-34(35(45(50)51)24-42(30)60)37-26-56(2)40-13-15-52-54-44(37)40)55-62(39)31-7-5-29(6-8-31)25-57-18-20-58(21-19-57)32-9-10-33-36(23-32)49(67)61(48(33)66)41-11-12-43(64)53-47(41)65/h9-10,13,15,22-24,26,29,31,41,45H,3-8,11-12,14,16-21,25,27H2,1-2H3,(H,53,64,65). The van der Waals surface area contributed by atoms with E-state index in [4.69, 9.17) is 5.10 Å². The van der Waals surface area contributed by atoms with Crippen LogP contribution in [0.1, 0.15) is 107 Å². The van der Waals surface area contributed by atoms with Gasteiger partial charge in [0.05, 0.1) is 35.4 Å². The van der Waals surface area contributed by atoms with E-state index in [2.05, 4.69) is 34.9 Å². The van der Waals surface area contributed by atoms with Gasteiger partial charge in [-0.3, -0.25) is 43.8 Å². The Hall–Kier alpha value is -6.56. The van der Waals surface area contributed by atoms with Crippen molar-refractivity contribution in [2.24, 2.45) is 13.0 Å². The maximum atomic E-state index is 15.1. The Kier molecular flexibility index (Phi) is 10.9. The van der Waals surface area contributed by atoms with E-state index in [0.717, 1.165) is 116 Å². The lowest BCUT2D eigenvalue weighted by molar-refractivity contribution is -0.136. The van der Waals surface area contributed by atoms with E-state index in [1.807, 2.05) is 40.9 Å². The summed E-state index contributed by atoms with van der Waals surface area (Å²) in [7, 11) is 1.88. The van der Waals surface area contributed by atoms with Crippen molar-refractivity contribution in [2.45, 2.75) is 89.8 Å². The van der Waals surface area contributed by atoms with Crippen molar-refractivity contribution in [1.29, 1.82) is 0 Å². The van der Waals surface area contributed by atoms with E-state index in [1.165, 1.54) is 0 Å². The summed E-state index contributed by atoms with van der Waals surface area (Å²) in [6.45, 7) is 7.51. The number of benzene rings is 2. The second kappa shape index (κ2) is 16.9. The molecule has 2 saturated heterocycles. The zero-order valence-electron chi connectivity index (χ0n) is 37.7. The number of piperidine rings is 1. The molecule has 11 rings (SSSR count). The van der Waals surface area contributed by atoms with E-state index in [-0.39, 0.29) is 41.5 Å². The molecular weight excluding hydrogens is 861 g/mol. The molecule has 5 aromatic rings. The summed E-state index contributed by atoms with van der Waals surface area (Å²) < 4.78 is 34.4. The number of imide groups is 2. The predicted octanol–water partition coefficient (Wildman–Crippen LogP) is 5.71. The molecule has 3 aromatic heterocycles. The van der Waals surface area contributed by atoms with Crippen LogP contribution in [0.25, 0.3) is 22.2 Å². The summed E-state index contributed by atoms with van der Waals surface area (Å²) in [5, 5.41) is 16.0. The number of nitrogens with one attached hydrogen (secondary N) is 1. The van der Waals surface area contributed by atoms with Crippen LogP contribution in [-0.2, 0) is 40.8 Å². The molecule has 1 unspecified atom stereocenters.